The van der Waals surface area contributed by atoms with Crippen molar-refractivity contribution in [2.75, 3.05) is 54.0 Å². The van der Waals surface area contributed by atoms with Crippen LogP contribution in [0.3, 0.4) is 0 Å². The van der Waals surface area contributed by atoms with Crippen LogP contribution < -0.4 is 10.6 Å². The minimum Gasteiger partial charge on any atom is -0.385 e. The summed E-state index contributed by atoms with van der Waals surface area (Å²) in [6.07, 6.45) is 5.67. The number of likely N-dealkylation sites (tertiary alicyclic amines) is 1. The molecule has 1 aliphatic carbocycles. The number of nitrogens with one attached hydrogen (secondary N) is 2. The molecule has 0 aromatic heterocycles. The molecular weight excluding hydrogens is 517 g/mol. The maximum absolute atomic E-state index is 12.1. The van der Waals surface area contributed by atoms with E-state index in [0.717, 1.165) is 58.0 Å². The highest BCUT2D eigenvalue weighted by atomic mass is 127. The highest BCUT2D eigenvalue weighted by Crippen LogP contribution is 2.48. The first kappa shape index (κ1) is 26.9. The molecule has 8 heteroatoms. The predicted molar refractivity (Wildman–Crippen MR) is 140 cm³/mol. The van der Waals surface area contributed by atoms with Crippen molar-refractivity contribution in [1.29, 1.82) is 0 Å². The Hall–Kier alpha value is -1.39. The van der Waals surface area contributed by atoms with E-state index in [1.54, 1.807) is 26.1 Å². The number of piperidine rings is 1. The highest BCUT2D eigenvalue weighted by molar-refractivity contribution is 14.0. The molecule has 0 unspecified atom stereocenters. The molecule has 7 nitrogen and oxygen atoms in total. The van der Waals surface area contributed by atoms with Crippen LogP contribution in [0, 0.1) is 5.41 Å². The molecule has 1 heterocycles. The molecule has 0 spiro atoms. The standard InChI is InChI=1S/C24H39N5O2.HI/c1-28(2)22(30)17-25-23(26-19-24(11-12-24)13-16-31-3)27-21-9-14-29(15-10-21)18-20-7-5-4-6-8-20;/h4-8,21H,9-19H2,1-3H3,(H2,25,26,27);1H. The number of methoxy groups -OCH3 is 1. The summed E-state index contributed by atoms with van der Waals surface area (Å²) in [6, 6.07) is 11.0. The summed E-state index contributed by atoms with van der Waals surface area (Å²) in [4.78, 5) is 20.7. The van der Waals surface area contributed by atoms with E-state index in [2.05, 4.69) is 50.9 Å². The van der Waals surface area contributed by atoms with Crippen LogP contribution >= 0.6 is 24.0 Å². The quantitative estimate of drug-likeness (QED) is 0.263. The Morgan fingerprint density at radius 3 is 2.50 bits per heavy atom. The van der Waals surface area contributed by atoms with Crippen molar-refractivity contribution in [1.82, 2.24) is 20.4 Å². The molecule has 1 saturated carbocycles. The first-order chi connectivity index (χ1) is 15.0. The van der Waals surface area contributed by atoms with Crippen molar-refractivity contribution in [3.05, 3.63) is 35.9 Å². The van der Waals surface area contributed by atoms with E-state index in [9.17, 15) is 4.79 Å². The van der Waals surface area contributed by atoms with Crippen LogP contribution in [0.1, 0.15) is 37.7 Å². The van der Waals surface area contributed by atoms with Crippen molar-refractivity contribution < 1.29 is 9.53 Å². The summed E-state index contributed by atoms with van der Waals surface area (Å²) >= 11 is 0. The van der Waals surface area contributed by atoms with Gasteiger partial charge in [-0.1, -0.05) is 30.3 Å². The van der Waals surface area contributed by atoms with Crippen molar-refractivity contribution in [2.45, 2.75) is 44.7 Å². The largest absolute Gasteiger partial charge is 0.385 e. The molecule has 2 N–H and O–H groups in total. The van der Waals surface area contributed by atoms with E-state index in [4.69, 9.17) is 4.74 Å². The summed E-state index contributed by atoms with van der Waals surface area (Å²) < 4.78 is 5.28. The lowest BCUT2D eigenvalue weighted by Gasteiger charge is -2.33. The Bertz CT molecular complexity index is 716. The number of amides is 1. The lowest BCUT2D eigenvalue weighted by atomic mass is 10.0. The van der Waals surface area contributed by atoms with Crippen LogP contribution in [-0.2, 0) is 16.1 Å². The first-order valence-electron chi connectivity index (χ1n) is 11.5. The van der Waals surface area contributed by atoms with Crippen molar-refractivity contribution in [2.24, 2.45) is 10.4 Å². The van der Waals surface area contributed by atoms with Crippen LogP contribution in [0.4, 0.5) is 0 Å². The number of halogens is 1. The average Bonchev–Trinajstić information content (AvgIpc) is 3.56. The van der Waals surface area contributed by atoms with Gasteiger partial charge in [0, 0.05) is 60.0 Å². The van der Waals surface area contributed by atoms with Crippen molar-refractivity contribution in [3.63, 3.8) is 0 Å². The maximum atomic E-state index is 12.1. The van der Waals surface area contributed by atoms with Gasteiger partial charge in [0.05, 0.1) is 0 Å². The summed E-state index contributed by atoms with van der Waals surface area (Å²) in [5.74, 6) is 0.777. The molecular formula is C24H40IN5O2. The van der Waals surface area contributed by atoms with E-state index in [1.165, 1.54) is 18.4 Å². The summed E-state index contributed by atoms with van der Waals surface area (Å²) in [5.41, 5.74) is 1.69. The van der Waals surface area contributed by atoms with Gasteiger partial charge in [0.25, 0.3) is 0 Å². The third-order valence-electron chi connectivity index (χ3n) is 6.47. The second-order valence-corrected chi connectivity index (χ2v) is 9.23. The van der Waals surface area contributed by atoms with Gasteiger partial charge in [0.1, 0.15) is 6.54 Å². The van der Waals surface area contributed by atoms with Crippen LogP contribution in [0.2, 0.25) is 0 Å². The smallest absolute Gasteiger partial charge is 0.243 e. The molecule has 1 amide bonds. The number of likely N-dealkylation sites (N-methyl/N-ethyl adjacent to an activating group) is 1. The molecule has 180 valence electrons. The van der Waals surface area contributed by atoms with Gasteiger partial charge in [-0.25, -0.2) is 4.99 Å². The highest BCUT2D eigenvalue weighted by Gasteiger charge is 2.42. The molecule has 0 radical (unpaired) electrons. The average molecular weight is 558 g/mol. The van der Waals surface area contributed by atoms with Crippen LogP contribution in [0.25, 0.3) is 0 Å². The minimum atomic E-state index is 0. The van der Waals surface area contributed by atoms with E-state index in [0.29, 0.717) is 11.5 Å². The minimum absolute atomic E-state index is 0. The Morgan fingerprint density at radius 2 is 1.91 bits per heavy atom. The van der Waals surface area contributed by atoms with Gasteiger partial charge in [-0.2, -0.15) is 0 Å². The Morgan fingerprint density at radius 1 is 1.22 bits per heavy atom. The number of benzene rings is 1. The lowest BCUT2D eigenvalue weighted by molar-refractivity contribution is -0.127. The Kier molecular flexibility index (Phi) is 11.2. The van der Waals surface area contributed by atoms with Gasteiger partial charge in [0.2, 0.25) is 5.91 Å². The molecule has 0 bridgehead atoms. The molecule has 0 atom stereocenters. The van der Waals surface area contributed by atoms with Crippen LogP contribution in [0.5, 0.6) is 0 Å². The summed E-state index contributed by atoms with van der Waals surface area (Å²) in [7, 11) is 5.30. The molecule has 1 aromatic rings. The van der Waals surface area contributed by atoms with Gasteiger partial charge < -0.3 is 20.3 Å². The number of hydrogen-bond donors (Lipinski definition) is 2. The van der Waals surface area contributed by atoms with Crippen molar-refractivity contribution >= 4 is 35.8 Å². The molecule has 1 saturated heterocycles. The fourth-order valence-electron chi connectivity index (χ4n) is 3.99. The van der Waals surface area contributed by atoms with E-state index < -0.39 is 0 Å². The molecule has 3 rings (SSSR count). The second-order valence-electron chi connectivity index (χ2n) is 9.23. The van der Waals surface area contributed by atoms with Crippen LogP contribution in [0.15, 0.2) is 35.3 Å². The Balaban J connectivity index is 0.00000363. The number of carbonyl (C=O) groups is 1. The molecule has 1 aliphatic heterocycles. The molecule has 32 heavy (non-hydrogen) atoms. The van der Waals surface area contributed by atoms with E-state index in [1.807, 2.05) is 0 Å². The number of aliphatic imine (C=N–C) groups is 1. The first-order valence-corrected chi connectivity index (χ1v) is 11.5. The van der Waals surface area contributed by atoms with Gasteiger partial charge in [-0.05, 0) is 43.1 Å². The monoisotopic (exact) mass is 557 g/mol. The number of carbonyl (C=O) groups excluding carboxylic acids is 1. The third kappa shape index (κ3) is 8.86. The Labute approximate surface area is 210 Å². The van der Waals surface area contributed by atoms with Gasteiger partial charge in [-0.3, -0.25) is 9.69 Å². The second kappa shape index (κ2) is 13.3. The predicted octanol–water partition coefficient (Wildman–Crippen LogP) is 2.71. The zero-order chi connectivity index (χ0) is 22.1. The maximum Gasteiger partial charge on any atom is 0.243 e. The number of rotatable bonds is 10. The zero-order valence-corrected chi connectivity index (χ0v) is 22.1. The van der Waals surface area contributed by atoms with Gasteiger partial charge in [-0.15, -0.1) is 24.0 Å². The SMILES string of the molecule is COCCC1(CNC(=NCC(=O)N(C)C)NC2CCN(Cc3ccccc3)CC2)CC1.I. The zero-order valence-electron chi connectivity index (χ0n) is 19.8. The summed E-state index contributed by atoms with van der Waals surface area (Å²) in [5, 5.41) is 7.12. The van der Waals surface area contributed by atoms with Crippen molar-refractivity contribution in [3.8, 4) is 0 Å². The summed E-state index contributed by atoms with van der Waals surface area (Å²) in [6.45, 7) is 4.97. The lowest BCUT2D eigenvalue weighted by Crippen LogP contribution is -2.49. The van der Waals surface area contributed by atoms with Crippen LogP contribution in [-0.4, -0.2) is 81.7 Å². The number of ether oxygens (including phenoxy) is 1. The molecule has 1 aromatic carbocycles. The molecule has 2 fully saturated rings. The number of nitrogens with zero attached hydrogens (tertiary/aromatic N) is 3. The van der Waals surface area contributed by atoms with Gasteiger partial charge >= 0.3 is 0 Å². The number of guanidine groups is 1. The normalized spacial score (nSPS) is 18.5. The van der Waals surface area contributed by atoms with Gasteiger partial charge in [0.15, 0.2) is 5.96 Å². The molecule has 2 aliphatic rings. The fourth-order valence-corrected chi connectivity index (χ4v) is 3.99. The van der Waals surface area contributed by atoms with E-state index >= 15 is 0 Å². The fraction of sp³-hybridized carbons (Fsp3) is 0.667. The number of hydrogen-bond acceptors (Lipinski definition) is 4. The topological polar surface area (TPSA) is 69.2 Å². The van der Waals surface area contributed by atoms with E-state index in [-0.39, 0.29) is 36.4 Å². The third-order valence-corrected chi connectivity index (χ3v) is 6.47.